The molecule has 2 N–H and O–H groups in total. The predicted octanol–water partition coefficient (Wildman–Crippen LogP) is 1.70. The van der Waals surface area contributed by atoms with Gasteiger partial charge in [-0.05, 0) is 52.9 Å². The van der Waals surface area contributed by atoms with Gasteiger partial charge in [0.2, 0.25) is 11.9 Å². The first-order valence-electron chi connectivity index (χ1n) is 5.25. The van der Waals surface area contributed by atoms with Gasteiger partial charge in [0.1, 0.15) is 6.54 Å². The lowest BCUT2D eigenvalue weighted by atomic mass is 10.3. The number of carbonyl (C=O) groups is 1. The fourth-order valence-electron chi connectivity index (χ4n) is 1.48. The molecule has 1 amide bonds. The Morgan fingerprint density at radius 3 is 2.39 bits per heavy atom. The minimum atomic E-state index is -0.430. The van der Waals surface area contributed by atoms with E-state index in [0.717, 1.165) is 9.26 Å². The van der Waals surface area contributed by atoms with Crippen LogP contribution >= 0.6 is 22.6 Å². The van der Waals surface area contributed by atoms with Crippen LogP contribution in [0.25, 0.3) is 0 Å². The van der Waals surface area contributed by atoms with E-state index in [4.69, 9.17) is 5.73 Å². The molecular weight excluding hydrogens is 343 g/mol. The van der Waals surface area contributed by atoms with Gasteiger partial charge in [0.15, 0.2) is 0 Å². The third kappa shape index (κ3) is 3.16. The number of nitrogens with two attached hydrogens (primary N) is 1. The standard InChI is InChI=1S/C12H11IN4O/c13-9-2-4-10(5-3-9)17(8-11(14)18)12-15-6-1-7-16-12/h1-7H,8H2,(H2,14,18). The van der Waals surface area contributed by atoms with Crippen molar-refractivity contribution in [3.8, 4) is 0 Å². The van der Waals surface area contributed by atoms with E-state index in [9.17, 15) is 4.79 Å². The van der Waals surface area contributed by atoms with Crippen LogP contribution in [0.5, 0.6) is 0 Å². The molecule has 0 unspecified atom stereocenters. The Morgan fingerprint density at radius 2 is 1.83 bits per heavy atom. The number of primary amides is 1. The lowest BCUT2D eigenvalue weighted by molar-refractivity contribution is -0.116. The normalized spacial score (nSPS) is 10.1. The van der Waals surface area contributed by atoms with E-state index < -0.39 is 5.91 Å². The minimum Gasteiger partial charge on any atom is -0.368 e. The van der Waals surface area contributed by atoms with Gasteiger partial charge in [-0.15, -0.1) is 0 Å². The molecule has 0 aliphatic rings. The highest BCUT2D eigenvalue weighted by molar-refractivity contribution is 14.1. The maximum Gasteiger partial charge on any atom is 0.237 e. The first kappa shape index (κ1) is 12.7. The summed E-state index contributed by atoms with van der Waals surface area (Å²) in [6.07, 6.45) is 3.26. The van der Waals surface area contributed by atoms with Crippen molar-refractivity contribution in [3.63, 3.8) is 0 Å². The van der Waals surface area contributed by atoms with Crippen LogP contribution in [0.3, 0.4) is 0 Å². The summed E-state index contributed by atoms with van der Waals surface area (Å²) in [6, 6.07) is 9.43. The highest BCUT2D eigenvalue weighted by Crippen LogP contribution is 2.21. The number of anilines is 2. The number of amides is 1. The van der Waals surface area contributed by atoms with Crippen molar-refractivity contribution >= 4 is 40.1 Å². The van der Waals surface area contributed by atoms with E-state index in [-0.39, 0.29) is 6.54 Å². The Morgan fingerprint density at radius 1 is 1.22 bits per heavy atom. The van der Waals surface area contributed by atoms with E-state index in [0.29, 0.717) is 5.95 Å². The average molecular weight is 354 g/mol. The van der Waals surface area contributed by atoms with Crippen LogP contribution in [0, 0.1) is 3.57 Å². The number of nitrogens with zero attached hydrogens (tertiary/aromatic N) is 3. The fraction of sp³-hybridized carbons (Fsp3) is 0.0833. The second-order valence-electron chi connectivity index (χ2n) is 3.58. The van der Waals surface area contributed by atoms with Crippen LogP contribution < -0.4 is 10.6 Å². The number of halogens is 1. The SMILES string of the molecule is NC(=O)CN(c1ccc(I)cc1)c1ncccn1. The van der Waals surface area contributed by atoms with Gasteiger partial charge in [0.25, 0.3) is 0 Å². The zero-order valence-corrected chi connectivity index (χ0v) is 11.6. The Balaban J connectivity index is 2.36. The zero-order valence-electron chi connectivity index (χ0n) is 9.45. The van der Waals surface area contributed by atoms with E-state index in [1.165, 1.54) is 0 Å². The van der Waals surface area contributed by atoms with Crippen molar-refractivity contribution in [2.45, 2.75) is 0 Å². The highest BCUT2D eigenvalue weighted by Gasteiger charge is 2.13. The molecule has 0 saturated heterocycles. The largest absolute Gasteiger partial charge is 0.368 e. The van der Waals surface area contributed by atoms with E-state index in [2.05, 4.69) is 32.6 Å². The van der Waals surface area contributed by atoms with E-state index in [1.54, 1.807) is 23.4 Å². The van der Waals surface area contributed by atoms with Crippen LogP contribution in [0.15, 0.2) is 42.7 Å². The summed E-state index contributed by atoms with van der Waals surface area (Å²) < 4.78 is 1.12. The topological polar surface area (TPSA) is 72.1 Å². The number of hydrogen-bond acceptors (Lipinski definition) is 4. The molecule has 0 fully saturated rings. The smallest absolute Gasteiger partial charge is 0.237 e. The third-order valence-electron chi connectivity index (χ3n) is 2.25. The van der Waals surface area contributed by atoms with Crippen molar-refractivity contribution in [3.05, 3.63) is 46.3 Å². The van der Waals surface area contributed by atoms with Crippen LogP contribution in [0.4, 0.5) is 11.6 Å². The summed E-state index contributed by atoms with van der Waals surface area (Å²) in [6.45, 7) is 0.0462. The molecule has 2 rings (SSSR count). The second kappa shape index (κ2) is 5.76. The van der Waals surface area contributed by atoms with Crippen molar-refractivity contribution in [2.75, 3.05) is 11.4 Å². The van der Waals surface area contributed by atoms with Crippen molar-refractivity contribution in [1.82, 2.24) is 9.97 Å². The summed E-state index contributed by atoms with van der Waals surface area (Å²) in [7, 11) is 0. The molecule has 18 heavy (non-hydrogen) atoms. The first-order valence-corrected chi connectivity index (χ1v) is 6.33. The molecular formula is C12H11IN4O. The summed E-state index contributed by atoms with van der Waals surface area (Å²) >= 11 is 2.22. The van der Waals surface area contributed by atoms with Gasteiger partial charge in [0.05, 0.1) is 0 Å². The Kier molecular flexibility index (Phi) is 4.08. The maximum atomic E-state index is 11.1. The molecule has 0 aliphatic carbocycles. The van der Waals surface area contributed by atoms with Crippen LogP contribution in [-0.2, 0) is 4.79 Å². The minimum absolute atomic E-state index is 0.0462. The van der Waals surface area contributed by atoms with Gasteiger partial charge in [-0.2, -0.15) is 0 Å². The van der Waals surface area contributed by atoms with Gasteiger partial charge in [-0.1, -0.05) is 0 Å². The fourth-order valence-corrected chi connectivity index (χ4v) is 1.84. The van der Waals surface area contributed by atoms with Crippen molar-refractivity contribution in [2.24, 2.45) is 5.73 Å². The van der Waals surface area contributed by atoms with Crippen molar-refractivity contribution < 1.29 is 4.79 Å². The Bertz CT molecular complexity index is 530. The first-order chi connectivity index (χ1) is 8.66. The van der Waals surface area contributed by atoms with Crippen LogP contribution in [0.1, 0.15) is 0 Å². The lowest BCUT2D eigenvalue weighted by Crippen LogP contribution is -2.31. The molecule has 92 valence electrons. The number of benzene rings is 1. The summed E-state index contributed by atoms with van der Waals surface area (Å²) in [5.74, 6) is 0.0264. The Hall–Kier alpha value is -1.70. The van der Waals surface area contributed by atoms with Gasteiger partial charge >= 0.3 is 0 Å². The molecule has 0 bridgehead atoms. The molecule has 6 heteroatoms. The van der Waals surface area contributed by atoms with Gasteiger partial charge in [-0.25, -0.2) is 9.97 Å². The zero-order chi connectivity index (χ0) is 13.0. The molecule has 1 heterocycles. The molecule has 0 aliphatic heterocycles. The Labute approximate surface area is 118 Å². The molecule has 0 radical (unpaired) electrons. The average Bonchev–Trinajstić information content (AvgIpc) is 2.38. The molecule has 0 atom stereocenters. The molecule has 1 aromatic carbocycles. The number of carbonyl (C=O) groups excluding carboxylic acids is 1. The number of aromatic nitrogens is 2. The summed E-state index contributed by atoms with van der Waals surface area (Å²) in [5.41, 5.74) is 6.09. The van der Waals surface area contributed by atoms with Gasteiger partial charge in [-0.3, -0.25) is 4.79 Å². The third-order valence-corrected chi connectivity index (χ3v) is 2.96. The van der Waals surface area contributed by atoms with Crippen LogP contribution in [0.2, 0.25) is 0 Å². The lowest BCUT2D eigenvalue weighted by Gasteiger charge is -2.20. The molecule has 1 aromatic heterocycles. The second-order valence-corrected chi connectivity index (χ2v) is 4.82. The summed E-state index contributed by atoms with van der Waals surface area (Å²) in [4.78, 5) is 21.1. The van der Waals surface area contributed by atoms with E-state index >= 15 is 0 Å². The number of rotatable bonds is 4. The molecule has 5 nitrogen and oxygen atoms in total. The monoisotopic (exact) mass is 354 g/mol. The molecule has 2 aromatic rings. The van der Waals surface area contributed by atoms with Gasteiger partial charge in [0, 0.05) is 21.7 Å². The molecule has 0 spiro atoms. The number of hydrogen-bond donors (Lipinski definition) is 1. The highest BCUT2D eigenvalue weighted by atomic mass is 127. The summed E-state index contributed by atoms with van der Waals surface area (Å²) in [5, 5.41) is 0. The van der Waals surface area contributed by atoms with E-state index in [1.807, 2.05) is 24.3 Å². The maximum absolute atomic E-state index is 11.1. The van der Waals surface area contributed by atoms with Crippen LogP contribution in [-0.4, -0.2) is 22.4 Å². The molecule has 0 saturated carbocycles. The van der Waals surface area contributed by atoms with Gasteiger partial charge < -0.3 is 10.6 Å². The predicted molar refractivity (Wildman–Crippen MR) is 77.4 cm³/mol. The quantitative estimate of drug-likeness (QED) is 0.849. The van der Waals surface area contributed by atoms with Crippen molar-refractivity contribution in [1.29, 1.82) is 0 Å².